The van der Waals surface area contributed by atoms with E-state index in [9.17, 15) is 8.42 Å². The maximum Gasteiger partial charge on any atom is 0.153 e. The molecule has 0 aliphatic carbocycles. The molecular formula is C13H23N3O2S2. The second-order valence-electron chi connectivity index (χ2n) is 5.25. The number of aromatic nitrogens is 1. The maximum atomic E-state index is 11.5. The molecule has 1 aliphatic rings. The Kier molecular flexibility index (Phi) is 5.54. The number of nitrogens with zero attached hydrogens (tertiary/aromatic N) is 1. The molecule has 2 unspecified atom stereocenters. The minimum Gasteiger partial charge on any atom is -0.312 e. The summed E-state index contributed by atoms with van der Waals surface area (Å²) in [4.78, 5) is 5.72. The standard InChI is InChI=1S/C13H23N3O2S2/c1-3-12-8-16-13(19-12)10(2)14-5-4-11-9-20(17,18)7-6-15-11/h8,10-11,14-15H,3-7,9H2,1-2H3. The van der Waals surface area contributed by atoms with Gasteiger partial charge >= 0.3 is 0 Å². The highest BCUT2D eigenvalue weighted by molar-refractivity contribution is 7.91. The molecule has 20 heavy (non-hydrogen) atoms. The van der Waals surface area contributed by atoms with Crippen LogP contribution in [-0.4, -0.2) is 44.0 Å². The monoisotopic (exact) mass is 317 g/mol. The molecule has 2 heterocycles. The van der Waals surface area contributed by atoms with Crippen LogP contribution in [-0.2, 0) is 16.3 Å². The van der Waals surface area contributed by atoms with Crippen LogP contribution < -0.4 is 10.6 Å². The van der Waals surface area contributed by atoms with Gasteiger partial charge in [-0.05, 0) is 26.3 Å². The quantitative estimate of drug-likeness (QED) is 0.823. The fourth-order valence-corrected chi connectivity index (χ4v) is 4.68. The first-order chi connectivity index (χ1) is 9.50. The van der Waals surface area contributed by atoms with Gasteiger partial charge in [-0.25, -0.2) is 13.4 Å². The summed E-state index contributed by atoms with van der Waals surface area (Å²) in [5.74, 6) is 0.534. The molecule has 1 aliphatic heterocycles. The van der Waals surface area contributed by atoms with Gasteiger partial charge in [-0.2, -0.15) is 0 Å². The lowest BCUT2D eigenvalue weighted by Gasteiger charge is -2.24. The van der Waals surface area contributed by atoms with Gasteiger partial charge in [0.05, 0.1) is 17.5 Å². The SMILES string of the molecule is CCc1cnc(C(C)NCCC2CS(=O)(=O)CCN2)s1. The van der Waals surface area contributed by atoms with Crippen LogP contribution in [0.1, 0.15) is 36.2 Å². The second-order valence-corrected chi connectivity index (χ2v) is 8.62. The number of hydrogen-bond donors (Lipinski definition) is 2. The van der Waals surface area contributed by atoms with Crippen molar-refractivity contribution in [3.05, 3.63) is 16.1 Å². The lowest BCUT2D eigenvalue weighted by Crippen LogP contribution is -2.46. The Balaban J connectivity index is 1.75. The Bertz CT molecular complexity index is 527. The van der Waals surface area contributed by atoms with Crippen molar-refractivity contribution in [2.75, 3.05) is 24.6 Å². The average molecular weight is 317 g/mol. The predicted molar refractivity (Wildman–Crippen MR) is 83.0 cm³/mol. The molecule has 7 heteroatoms. The van der Waals surface area contributed by atoms with E-state index in [-0.39, 0.29) is 23.6 Å². The third-order valence-corrected chi connectivity index (χ3v) is 6.60. The molecule has 0 saturated carbocycles. The average Bonchev–Trinajstić information content (AvgIpc) is 2.86. The first kappa shape index (κ1) is 15.9. The van der Waals surface area contributed by atoms with Crippen LogP contribution in [0.25, 0.3) is 0 Å². The molecule has 2 atom stereocenters. The molecule has 114 valence electrons. The zero-order chi connectivity index (χ0) is 14.6. The molecular weight excluding hydrogens is 294 g/mol. The van der Waals surface area contributed by atoms with Crippen LogP contribution in [0.3, 0.4) is 0 Å². The van der Waals surface area contributed by atoms with E-state index < -0.39 is 9.84 Å². The van der Waals surface area contributed by atoms with E-state index in [1.165, 1.54) is 4.88 Å². The van der Waals surface area contributed by atoms with Gasteiger partial charge in [0, 0.05) is 23.7 Å². The van der Waals surface area contributed by atoms with Crippen molar-refractivity contribution in [3.63, 3.8) is 0 Å². The van der Waals surface area contributed by atoms with Gasteiger partial charge < -0.3 is 10.6 Å². The fourth-order valence-electron chi connectivity index (χ4n) is 2.30. The van der Waals surface area contributed by atoms with Gasteiger partial charge in [-0.1, -0.05) is 6.92 Å². The van der Waals surface area contributed by atoms with Crippen molar-refractivity contribution in [3.8, 4) is 0 Å². The second kappa shape index (κ2) is 6.98. The number of hydrogen-bond acceptors (Lipinski definition) is 6. The lowest BCUT2D eigenvalue weighted by atomic mass is 10.2. The van der Waals surface area contributed by atoms with Crippen LogP contribution >= 0.6 is 11.3 Å². The van der Waals surface area contributed by atoms with Crippen molar-refractivity contribution in [1.82, 2.24) is 15.6 Å². The molecule has 1 saturated heterocycles. The van der Waals surface area contributed by atoms with Crippen molar-refractivity contribution >= 4 is 21.2 Å². The van der Waals surface area contributed by atoms with Gasteiger partial charge in [-0.3, -0.25) is 0 Å². The molecule has 0 aromatic carbocycles. The number of nitrogens with one attached hydrogen (secondary N) is 2. The highest BCUT2D eigenvalue weighted by Gasteiger charge is 2.23. The van der Waals surface area contributed by atoms with Crippen molar-refractivity contribution in [1.29, 1.82) is 0 Å². The van der Waals surface area contributed by atoms with E-state index in [2.05, 4.69) is 29.5 Å². The van der Waals surface area contributed by atoms with E-state index >= 15 is 0 Å². The summed E-state index contributed by atoms with van der Waals surface area (Å²) < 4.78 is 23.1. The van der Waals surface area contributed by atoms with E-state index in [1.54, 1.807) is 11.3 Å². The van der Waals surface area contributed by atoms with Crippen molar-refractivity contribution in [2.24, 2.45) is 0 Å². The van der Waals surface area contributed by atoms with E-state index in [4.69, 9.17) is 0 Å². The molecule has 1 fully saturated rings. The predicted octanol–water partition coefficient (Wildman–Crippen LogP) is 1.13. The number of sulfone groups is 1. The molecule has 2 N–H and O–H groups in total. The van der Waals surface area contributed by atoms with Gasteiger partial charge in [0.15, 0.2) is 9.84 Å². The van der Waals surface area contributed by atoms with E-state index in [0.717, 1.165) is 24.4 Å². The third-order valence-electron chi connectivity index (χ3n) is 3.53. The highest BCUT2D eigenvalue weighted by atomic mass is 32.2. The van der Waals surface area contributed by atoms with Crippen LogP contribution in [0.4, 0.5) is 0 Å². The van der Waals surface area contributed by atoms with E-state index in [1.807, 2.05) is 6.20 Å². The Labute approximate surface area is 125 Å². The van der Waals surface area contributed by atoms with Crippen molar-refractivity contribution < 1.29 is 8.42 Å². The molecule has 5 nitrogen and oxygen atoms in total. The molecule has 0 radical (unpaired) electrons. The lowest BCUT2D eigenvalue weighted by molar-refractivity contribution is 0.462. The first-order valence-electron chi connectivity index (χ1n) is 7.12. The Hall–Kier alpha value is -0.500. The zero-order valence-corrected chi connectivity index (χ0v) is 13.7. The summed E-state index contributed by atoms with van der Waals surface area (Å²) >= 11 is 1.74. The van der Waals surface area contributed by atoms with Crippen LogP contribution in [0.2, 0.25) is 0 Å². The van der Waals surface area contributed by atoms with Gasteiger partial charge in [0.2, 0.25) is 0 Å². The Morgan fingerprint density at radius 1 is 1.60 bits per heavy atom. The minimum atomic E-state index is -2.84. The highest BCUT2D eigenvalue weighted by Crippen LogP contribution is 2.20. The molecule has 1 aromatic heterocycles. The zero-order valence-electron chi connectivity index (χ0n) is 12.1. The van der Waals surface area contributed by atoms with Gasteiger partial charge in [-0.15, -0.1) is 11.3 Å². The van der Waals surface area contributed by atoms with Crippen molar-refractivity contribution in [2.45, 2.75) is 38.8 Å². The van der Waals surface area contributed by atoms with Crippen LogP contribution in [0, 0.1) is 0 Å². The number of thiazole rings is 1. The number of aryl methyl sites for hydroxylation is 1. The normalized spacial score (nSPS) is 23.6. The third kappa shape index (κ3) is 4.51. The first-order valence-corrected chi connectivity index (χ1v) is 9.75. The van der Waals surface area contributed by atoms with Crippen LogP contribution in [0.15, 0.2) is 6.20 Å². The Morgan fingerprint density at radius 3 is 3.05 bits per heavy atom. The summed E-state index contributed by atoms with van der Waals surface area (Å²) in [5.41, 5.74) is 0. The molecule has 0 spiro atoms. The number of rotatable bonds is 6. The van der Waals surface area contributed by atoms with Gasteiger partial charge in [0.1, 0.15) is 5.01 Å². The largest absolute Gasteiger partial charge is 0.312 e. The summed E-state index contributed by atoms with van der Waals surface area (Å²) in [6.45, 7) is 5.61. The summed E-state index contributed by atoms with van der Waals surface area (Å²) in [6, 6.07) is 0.302. The van der Waals surface area contributed by atoms with Gasteiger partial charge in [0.25, 0.3) is 0 Å². The molecule has 0 amide bonds. The fraction of sp³-hybridized carbons (Fsp3) is 0.769. The Morgan fingerprint density at radius 2 is 2.40 bits per heavy atom. The summed E-state index contributed by atoms with van der Waals surface area (Å²) in [5, 5.41) is 7.80. The minimum absolute atomic E-state index is 0.0796. The molecule has 2 rings (SSSR count). The molecule has 1 aromatic rings. The van der Waals surface area contributed by atoms with E-state index in [0.29, 0.717) is 6.54 Å². The van der Waals surface area contributed by atoms with Crippen LogP contribution in [0.5, 0.6) is 0 Å². The smallest absolute Gasteiger partial charge is 0.153 e. The summed E-state index contributed by atoms with van der Waals surface area (Å²) in [6.07, 6.45) is 3.79. The topological polar surface area (TPSA) is 71.1 Å². The summed E-state index contributed by atoms with van der Waals surface area (Å²) in [7, 11) is -2.84. The maximum absolute atomic E-state index is 11.5. The molecule has 0 bridgehead atoms.